The summed E-state index contributed by atoms with van der Waals surface area (Å²) in [6, 6.07) is 6.69. The minimum Gasteiger partial charge on any atom is -0.466 e. The number of hydrogen-bond acceptors (Lipinski definition) is 4. The Morgan fingerprint density at radius 1 is 0.952 bits per heavy atom. The molecule has 0 fully saturated rings. The quantitative estimate of drug-likeness (QED) is 0.596. The summed E-state index contributed by atoms with van der Waals surface area (Å²) in [4.78, 5) is 34.1. The number of benzene rings is 1. The lowest BCUT2D eigenvalue weighted by atomic mass is 10.2. The molecule has 0 saturated carbocycles. The van der Waals surface area contributed by atoms with Crippen molar-refractivity contribution < 1.29 is 19.1 Å². The van der Waals surface area contributed by atoms with Gasteiger partial charge in [-0.15, -0.1) is 0 Å². The van der Waals surface area contributed by atoms with Gasteiger partial charge < -0.3 is 15.4 Å². The number of anilines is 2. The lowest BCUT2D eigenvalue weighted by Crippen LogP contribution is -2.18. The number of carbonyl (C=O) groups is 3. The van der Waals surface area contributed by atoms with Crippen molar-refractivity contribution in [2.24, 2.45) is 0 Å². The van der Waals surface area contributed by atoms with Crippen LogP contribution in [-0.4, -0.2) is 24.4 Å². The number of hydrogen-bond donors (Lipinski definition) is 2. The smallest absolute Gasteiger partial charge is 0.315 e. The monoisotopic (exact) mass is 292 g/mol. The number of nitrogens with one attached hydrogen (secondary N) is 2. The van der Waals surface area contributed by atoms with Crippen molar-refractivity contribution >= 4 is 29.2 Å². The van der Waals surface area contributed by atoms with E-state index in [1.807, 2.05) is 6.92 Å². The van der Waals surface area contributed by atoms with Crippen LogP contribution >= 0.6 is 0 Å². The first-order valence-electron chi connectivity index (χ1n) is 6.90. The van der Waals surface area contributed by atoms with Gasteiger partial charge in [0.25, 0.3) is 0 Å². The summed E-state index contributed by atoms with van der Waals surface area (Å²) in [6.45, 7) is 3.86. The molecular formula is C15H20N2O4. The van der Waals surface area contributed by atoms with E-state index in [4.69, 9.17) is 0 Å². The molecule has 1 aromatic carbocycles. The van der Waals surface area contributed by atoms with Crippen LogP contribution in [0.15, 0.2) is 24.3 Å². The molecule has 6 nitrogen and oxygen atoms in total. The molecule has 0 spiro atoms. The topological polar surface area (TPSA) is 84.5 Å². The predicted octanol–water partition coefficient (Wildman–Crippen LogP) is 2.32. The van der Waals surface area contributed by atoms with E-state index in [1.165, 1.54) is 0 Å². The van der Waals surface area contributed by atoms with Crippen LogP contribution in [0.25, 0.3) is 0 Å². The van der Waals surface area contributed by atoms with E-state index >= 15 is 0 Å². The van der Waals surface area contributed by atoms with E-state index < -0.39 is 11.9 Å². The predicted molar refractivity (Wildman–Crippen MR) is 79.9 cm³/mol. The van der Waals surface area contributed by atoms with Crippen molar-refractivity contribution in [3.63, 3.8) is 0 Å². The standard InChI is InChI=1S/C15H20N2O4/c1-3-5-13(18)16-11-6-8-12(9-7-11)17-14(19)10-15(20)21-4-2/h6-9H,3-5,10H2,1-2H3,(H,16,18)(H,17,19). The van der Waals surface area contributed by atoms with Crippen LogP contribution in [0.4, 0.5) is 11.4 Å². The molecule has 0 radical (unpaired) electrons. The summed E-state index contributed by atoms with van der Waals surface area (Å²) in [6.07, 6.45) is 0.939. The van der Waals surface area contributed by atoms with E-state index in [-0.39, 0.29) is 18.9 Å². The molecule has 2 amide bonds. The van der Waals surface area contributed by atoms with Crippen molar-refractivity contribution in [2.75, 3.05) is 17.2 Å². The van der Waals surface area contributed by atoms with Gasteiger partial charge in [0.05, 0.1) is 6.61 Å². The second-order valence-corrected chi connectivity index (χ2v) is 4.41. The van der Waals surface area contributed by atoms with Crippen molar-refractivity contribution in [2.45, 2.75) is 33.1 Å². The molecule has 0 aromatic heterocycles. The van der Waals surface area contributed by atoms with E-state index in [2.05, 4.69) is 15.4 Å². The molecule has 0 aliphatic heterocycles. The van der Waals surface area contributed by atoms with Crippen molar-refractivity contribution in [1.82, 2.24) is 0 Å². The van der Waals surface area contributed by atoms with Gasteiger partial charge in [0.15, 0.2) is 0 Å². The van der Waals surface area contributed by atoms with Gasteiger partial charge in [0.1, 0.15) is 6.42 Å². The summed E-state index contributed by atoms with van der Waals surface area (Å²) in [7, 11) is 0. The average Bonchev–Trinajstić information content (AvgIpc) is 2.41. The maximum Gasteiger partial charge on any atom is 0.315 e. The van der Waals surface area contributed by atoms with E-state index in [9.17, 15) is 14.4 Å². The van der Waals surface area contributed by atoms with Gasteiger partial charge in [-0.25, -0.2) is 0 Å². The number of rotatable bonds is 7. The summed E-state index contributed by atoms with van der Waals surface area (Å²) >= 11 is 0. The summed E-state index contributed by atoms with van der Waals surface area (Å²) in [5.74, 6) is -1.04. The Balaban J connectivity index is 2.48. The zero-order valence-electron chi connectivity index (χ0n) is 12.3. The van der Waals surface area contributed by atoms with Crippen LogP contribution in [0.1, 0.15) is 33.1 Å². The third-order valence-corrected chi connectivity index (χ3v) is 2.54. The Morgan fingerprint density at radius 2 is 1.48 bits per heavy atom. The summed E-state index contributed by atoms with van der Waals surface area (Å²) < 4.78 is 4.69. The van der Waals surface area contributed by atoms with Gasteiger partial charge in [-0.1, -0.05) is 6.92 Å². The van der Waals surface area contributed by atoms with Crippen LogP contribution in [0.5, 0.6) is 0 Å². The third-order valence-electron chi connectivity index (χ3n) is 2.54. The molecule has 6 heteroatoms. The van der Waals surface area contributed by atoms with Crippen LogP contribution < -0.4 is 10.6 Å². The highest BCUT2D eigenvalue weighted by atomic mass is 16.5. The molecule has 21 heavy (non-hydrogen) atoms. The Morgan fingerprint density at radius 3 is 1.95 bits per heavy atom. The number of ether oxygens (including phenoxy) is 1. The van der Waals surface area contributed by atoms with Gasteiger partial charge in [-0.2, -0.15) is 0 Å². The highest BCUT2D eigenvalue weighted by Gasteiger charge is 2.10. The molecule has 1 aromatic rings. The Hall–Kier alpha value is -2.37. The summed E-state index contributed by atoms with van der Waals surface area (Å²) in [5.41, 5.74) is 1.22. The molecule has 1 rings (SSSR count). The van der Waals surface area contributed by atoms with Crippen molar-refractivity contribution in [3.8, 4) is 0 Å². The maximum absolute atomic E-state index is 11.6. The van der Waals surface area contributed by atoms with Gasteiger partial charge in [0.2, 0.25) is 11.8 Å². The lowest BCUT2D eigenvalue weighted by molar-refractivity contribution is -0.145. The second kappa shape index (κ2) is 8.73. The Labute approximate surface area is 123 Å². The Bertz CT molecular complexity index is 497. The highest BCUT2D eigenvalue weighted by molar-refractivity contribution is 6.02. The van der Waals surface area contributed by atoms with Crippen LogP contribution in [0.2, 0.25) is 0 Å². The largest absolute Gasteiger partial charge is 0.466 e. The number of amides is 2. The molecule has 0 heterocycles. The summed E-state index contributed by atoms with van der Waals surface area (Å²) in [5, 5.41) is 5.33. The van der Waals surface area contributed by atoms with Crippen molar-refractivity contribution in [3.05, 3.63) is 24.3 Å². The second-order valence-electron chi connectivity index (χ2n) is 4.41. The zero-order chi connectivity index (χ0) is 15.7. The minimum absolute atomic E-state index is 0.0448. The van der Waals surface area contributed by atoms with Gasteiger partial charge in [-0.05, 0) is 37.6 Å². The lowest BCUT2D eigenvalue weighted by Gasteiger charge is -2.07. The van der Waals surface area contributed by atoms with Gasteiger partial charge >= 0.3 is 5.97 Å². The molecule has 0 aliphatic carbocycles. The average molecular weight is 292 g/mol. The normalized spacial score (nSPS) is 9.81. The Kier molecular flexibility index (Phi) is 6.94. The van der Waals surface area contributed by atoms with E-state index in [0.717, 1.165) is 6.42 Å². The molecule has 0 unspecified atom stereocenters. The molecule has 2 N–H and O–H groups in total. The number of esters is 1. The fourth-order valence-electron chi connectivity index (χ4n) is 1.64. The van der Waals surface area contributed by atoms with Crippen LogP contribution in [0.3, 0.4) is 0 Å². The SMILES string of the molecule is CCCC(=O)Nc1ccc(NC(=O)CC(=O)OCC)cc1. The van der Waals surface area contributed by atoms with Crippen LogP contribution in [-0.2, 0) is 19.1 Å². The number of carbonyl (C=O) groups excluding carboxylic acids is 3. The van der Waals surface area contributed by atoms with Crippen molar-refractivity contribution in [1.29, 1.82) is 0 Å². The first kappa shape index (κ1) is 16.7. The van der Waals surface area contributed by atoms with E-state index in [0.29, 0.717) is 17.8 Å². The first-order valence-corrected chi connectivity index (χ1v) is 6.90. The fourth-order valence-corrected chi connectivity index (χ4v) is 1.64. The molecule has 0 saturated heterocycles. The zero-order valence-corrected chi connectivity index (χ0v) is 12.3. The van der Waals surface area contributed by atoms with Gasteiger partial charge in [0, 0.05) is 17.8 Å². The molecular weight excluding hydrogens is 272 g/mol. The fraction of sp³-hybridized carbons (Fsp3) is 0.400. The van der Waals surface area contributed by atoms with Gasteiger partial charge in [-0.3, -0.25) is 14.4 Å². The maximum atomic E-state index is 11.6. The molecule has 0 atom stereocenters. The highest BCUT2D eigenvalue weighted by Crippen LogP contribution is 2.14. The third kappa shape index (κ3) is 6.56. The van der Waals surface area contributed by atoms with E-state index in [1.54, 1.807) is 31.2 Å². The minimum atomic E-state index is -0.557. The first-order chi connectivity index (χ1) is 10.0. The van der Waals surface area contributed by atoms with Crippen LogP contribution in [0, 0.1) is 0 Å². The molecule has 114 valence electrons. The molecule has 0 aliphatic rings. The molecule has 0 bridgehead atoms.